The van der Waals surface area contributed by atoms with E-state index >= 15 is 0 Å². The van der Waals surface area contributed by atoms with Crippen molar-refractivity contribution < 1.29 is 19.4 Å². The minimum atomic E-state index is -0.949. The van der Waals surface area contributed by atoms with Crippen molar-refractivity contribution in [1.29, 1.82) is 0 Å². The van der Waals surface area contributed by atoms with Crippen molar-refractivity contribution in [2.24, 2.45) is 11.8 Å². The highest BCUT2D eigenvalue weighted by Crippen LogP contribution is 2.40. The van der Waals surface area contributed by atoms with Gasteiger partial charge in [0.2, 0.25) is 5.91 Å². The number of piperazine rings is 1. The standard InChI is InChI=1S/C21H24N2O4/c24-20(18-16-8-9-17(27-16)19(18)21(25)26)23-13-11-22(12-14-23)10-4-7-15-5-2-1-3-6-15/h1-9,16-19H,10-14H2,(H,25,26). The van der Waals surface area contributed by atoms with Crippen LogP contribution in [0.1, 0.15) is 5.56 Å². The van der Waals surface area contributed by atoms with Crippen molar-refractivity contribution in [2.75, 3.05) is 32.7 Å². The third-order valence-electron chi connectivity index (χ3n) is 5.63. The zero-order chi connectivity index (χ0) is 18.8. The molecule has 6 heteroatoms. The Morgan fingerprint density at radius 2 is 1.70 bits per heavy atom. The number of hydrogen-bond donors (Lipinski definition) is 1. The summed E-state index contributed by atoms with van der Waals surface area (Å²) in [5.41, 5.74) is 1.18. The molecule has 0 saturated carbocycles. The van der Waals surface area contributed by atoms with Crippen LogP contribution in [0, 0.1) is 11.8 Å². The van der Waals surface area contributed by atoms with Crippen LogP contribution in [0.25, 0.3) is 6.08 Å². The average molecular weight is 368 g/mol. The number of amides is 1. The quantitative estimate of drug-likeness (QED) is 0.798. The maximum absolute atomic E-state index is 12.9. The second-order valence-corrected chi connectivity index (χ2v) is 7.28. The van der Waals surface area contributed by atoms with Gasteiger partial charge in [-0.15, -0.1) is 0 Å². The van der Waals surface area contributed by atoms with E-state index in [1.54, 1.807) is 11.0 Å². The van der Waals surface area contributed by atoms with E-state index in [4.69, 9.17) is 4.74 Å². The normalized spacial score (nSPS) is 30.3. The lowest BCUT2D eigenvalue weighted by molar-refractivity contribution is -0.150. The molecular weight excluding hydrogens is 344 g/mol. The number of carboxylic acid groups (broad SMARTS) is 1. The van der Waals surface area contributed by atoms with Crippen LogP contribution in [0.3, 0.4) is 0 Å². The van der Waals surface area contributed by atoms with Crippen LogP contribution in [0.15, 0.2) is 48.6 Å². The van der Waals surface area contributed by atoms with Gasteiger partial charge in [0.15, 0.2) is 0 Å². The highest BCUT2D eigenvalue weighted by molar-refractivity contribution is 5.87. The van der Waals surface area contributed by atoms with Crippen molar-refractivity contribution in [3.05, 3.63) is 54.1 Å². The van der Waals surface area contributed by atoms with Gasteiger partial charge in [0.1, 0.15) is 5.92 Å². The number of ether oxygens (including phenoxy) is 1. The second kappa shape index (κ2) is 7.66. The summed E-state index contributed by atoms with van der Waals surface area (Å²) in [7, 11) is 0. The Balaban J connectivity index is 1.30. The maximum Gasteiger partial charge on any atom is 0.310 e. The van der Waals surface area contributed by atoms with Gasteiger partial charge in [-0.1, -0.05) is 54.6 Å². The summed E-state index contributed by atoms with van der Waals surface area (Å²) in [5.74, 6) is -2.39. The number of carbonyl (C=O) groups excluding carboxylic acids is 1. The molecule has 4 unspecified atom stereocenters. The Morgan fingerprint density at radius 3 is 2.37 bits per heavy atom. The van der Waals surface area contributed by atoms with Gasteiger partial charge in [-0.2, -0.15) is 0 Å². The first kappa shape index (κ1) is 17.9. The molecule has 2 fully saturated rings. The van der Waals surface area contributed by atoms with E-state index in [1.807, 2.05) is 24.3 Å². The molecule has 1 aromatic rings. The lowest BCUT2D eigenvalue weighted by Gasteiger charge is -2.36. The smallest absolute Gasteiger partial charge is 0.310 e. The number of carbonyl (C=O) groups is 2. The van der Waals surface area contributed by atoms with Gasteiger partial charge < -0.3 is 14.7 Å². The van der Waals surface area contributed by atoms with Gasteiger partial charge in [0.05, 0.1) is 18.1 Å². The Kier molecular flexibility index (Phi) is 5.09. The SMILES string of the molecule is O=C(O)C1C2C=CC(O2)C1C(=O)N1CCN(CC=Cc2ccccc2)CC1. The first-order valence-electron chi connectivity index (χ1n) is 9.43. The van der Waals surface area contributed by atoms with Crippen LogP contribution in [-0.2, 0) is 14.3 Å². The number of rotatable bonds is 5. The molecule has 4 atom stereocenters. The van der Waals surface area contributed by atoms with Crippen molar-refractivity contribution in [3.63, 3.8) is 0 Å². The Hall–Kier alpha value is -2.44. The second-order valence-electron chi connectivity index (χ2n) is 7.28. The fourth-order valence-corrected chi connectivity index (χ4v) is 4.16. The third kappa shape index (κ3) is 3.68. The molecule has 1 N–H and O–H groups in total. The molecule has 1 aromatic carbocycles. The van der Waals surface area contributed by atoms with Crippen LogP contribution in [-0.4, -0.2) is 71.7 Å². The lowest BCUT2D eigenvalue weighted by Crippen LogP contribution is -2.52. The summed E-state index contributed by atoms with van der Waals surface area (Å²) >= 11 is 0. The molecule has 0 spiro atoms. The molecule has 142 valence electrons. The van der Waals surface area contributed by atoms with E-state index in [1.165, 1.54) is 5.56 Å². The molecular formula is C21H24N2O4. The molecule has 2 bridgehead atoms. The molecule has 3 aliphatic rings. The molecule has 0 aromatic heterocycles. The predicted octanol–water partition coefficient (Wildman–Crippen LogP) is 1.50. The van der Waals surface area contributed by atoms with Gasteiger partial charge >= 0.3 is 5.97 Å². The fraction of sp³-hybridized carbons (Fsp3) is 0.429. The summed E-state index contributed by atoms with van der Waals surface area (Å²) < 4.78 is 5.63. The highest BCUT2D eigenvalue weighted by Gasteiger charge is 2.54. The summed E-state index contributed by atoms with van der Waals surface area (Å²) in [6, 6.07) is 10.2. The summed E-state index contributed by atoms with van der Waals surface area (Å²) in [4.78, 5) is 28.6. The zero-order valence-electron chi connectivity index (χ0n) is 15.1. The Bertz CT molecular complexity index is 753. The summed E-state index contributed by atoms with van der Waals surface area (Å²) in [6.45, 7) is 3.68. The van der Waals surface area contributed by atoms with Crippen LogP contribution >= 0.6 is 0 Å². The van der Waals surface area contributed by atoms with Gasteiger partial charge in [0.25, 0.3) is 0 Å². The van der Waals surface area contributed by atoms with Gasteiger partial charge in [-0.05, 0) is 5.56 Å². The number of fused-ring (bicyclic) bond motifs is 2. The molecule has 6 nitrogen and oxygen atoms in total. The first-order chi connectivity index (χ1) is 13.1. The van der Waals surface area contributed by atoms with Crippen LogP contribution in [0.4, 0.5) is 0 Å². The molecule has 3 heterocycles. The maximum atomic E-state index is 12.9. The van der Waals surface area contributed by atoms with Crippen molar-refractivity contribution in [3.8, 4) is 0 Å². The lowest BCUT2D eigenvalue weighted by atomic mass is 9.82. The topological polar surface area (TPSA) is 70.1 Å². The predicted molar refractivity (Wildman–Crippen MR) is 101 cm³/mol. The van der Waals surface area contributed by atoms with E-state index in [9.17, 15) is 14.7 Å². The minimum Gasteiger partial charge on any atom is -0.481 e. The van der Waals surface area contributed by atoms with Crippen LogP contribution < -0.4 is 0 Å². The number of hydrogen-bond acceptors (Lipinski definition) is 4. The van der Waals surface area contributed by atoms with Crippen molar-refractivity contribution >= 4 is 18.0 Å². The molecule has 0 aliphatic carbocycles. The molecule has 27 heavy (non-hydrogen) atoms. The molecule has 2 saturated heterocycles. The average Bonchev–Trinajstić information content (AvgIpc) is 3.30. The molecule has 1 amide bonds. The molecule has 0 radical (unpaired) electrons. The number of nitrogens with zero attached hydrogens (tertiary/aromatic N) is 2. The van der Waals surface area contributed by atoms with Crippen molar-refractivity contribution in [2.45, 2.75) is 12.2 Å². The van der Waals surface area contributed by atoms with Gasteiger partial charge in [-0.25, -0.2) is 0 Å². The zero-order valence-corrected chi connectivity index (χ0v) is 15.1. The van der Waals surface area contributed by atoms with Gasteiger partial charge in [0, 0.05) is 32.7 Å². The van der Waals surface area contributed by atoms with Crippen molar-refractivity contribution in [1.82, 2.24) is 9.80 Å². The Labute approximate surface area is 158 Å². The van der Waals surface area contributed by atoms with E-state index in [0.29, 0.717) is 13.1 Å². The summed E-state index contributed by atoms with van der Waals surface area (Å²) in [6.07, 6.45) is 6.98. The van der Waals surface area contributed by atoms with E-state index in [-0.39, 0.29) is 5.91 Å². The largest absolute Gasteiger partial charge is 0.481 e. The first-order valence-corrected chi connectivity index (χ1v) is 9.43. The van der Waals surface area contributed by atoms with E-state index < -0.39 is 30.0 Å². The van der Waals surface area contributed by atoms with E-state index in [0.717, 1.165) is 19.6 Å². The number of carboxylic acids is 1. The van der Waals surface area contributed by atoms with Crippen LogP contribution in [0.2, 0.25) is 0 Å². The summed E-state index contributed by atoms with van der Waals surface area (Å²) in [5, 5.41) is 9.49. The van der Waals surface area contributed by atoms with Crippen LogP contribution in [0.5, 0.6) is 0 Å². The van der Waals surface area contributed by atoms with E-state index in [2.05, 4.69) is 29.2 Å². The monoisotopic (exact) mass is 368 g/mol. The number of benzene rings is 1. The number of aliphatic carboxylic acids is 1. The molecule has 3 aliphatic heterocycles. The fourth-order valence-electron chi connectivity index (χ4n) is 4.16. The molecule has 4 rings (SSSR count). The third-order valence-corrected chi connectivity index (χ3v) is 5.63. The Morgan fingerprint density at radius 1 is 1.04 bits per heavy atom. The minimum absolute atomic E-state index is 0.0845. The van der Waals surface area contributed by atoms with Gasteiger partial charge in [-0.3, -0.25) is 14.5 Å². The highest BCUT2D eigenvalue weighted by atomic mass is 16.5.